The molecule has 0 fully saturated rings. The van der Waals surface area contributed by atoms with Gasteiger partial charge in [0.15, 0.2) is 0 Å². The van der Waals surface area contributed by atoms with Gasteiger partial charge in [-0.3, -0.25) is 0 Å². The van der Waals surface area contributed by atoms with Gasteiger partial charge in [0.2, 0.25) is 0 Å². The Morgan fingerprint density at radius 3 is 2.03 bits per heavy atom. The van der Waals surface area contributed by atoms with Gasteiger partial charge in [-0.25, -0.2) is 4.39 Å². The van der Waals surface area contributed by atoms with Crippen molar-refractivity contribution in [1.29, 1.82) is 0 Å². The van der Waals surface area contributed by atoms with Gasteiger partial charge in [0.05, 0.1) is 5.56 Å². The lowest BCUT2D eigenvalue weighted by molar-refractivity contribution is 0.636. The van der Waals surface area contributed by atoms with Gasteiger partial charge in [-0.1, -0.05) is 91.8 Å². The lowest BCUT2D eigenvalue weighted by Crippen LogP contribution is -1.88. The number of hydrogen-bond donors (Lipinski definition) is 0. The molecule has 0 atom stereocenters. The monoisotopic (exact) mass is 444 g/mol. The maximum absolute atomic E-state index is 15.1. The van der Waals surface area contributed by atoms with Crippen LogP contribution in [0.2, 0.25) is 0 Å². The maximum Gasteiger partial charge on any atom is 0.146 e. The smallest absolute Gasteiger partial charge is 0.146 e. The van der Waals surface area contributed by atoms with Crippen LogP contribution in [0.15, 0.2) is 78.9 Å². The lowest BCUT2D eigenvalue weighted by Gasteiger charge is -2.03. The Balaban J connectivity index is 1.48. The second-order valence-electron chi connectivity index (χ2n) is 8.74. The largest absolute Gasteiger partial charge is 0.205 e. The zero-order chi connectivity index (χ0) is 23.8. The summed E-state index contributed by atoms with van der Waals surface area (Å²) < 4.78 is 15.1. The van der Waals surface area contributed by atoms with E-state index in [2.05, 4.69) is 49.7 Å². The third kappa shape index (κ3) is 6.15. The summed E-state index contributed by atoms with van der Waals surface area (Å²) in [6.45, 7) is 4.28. The van der Waals surface area contributed by atoms with Gasteiger partial charge in [0.1, 0.15) is 5.82 Å². The fraction of sp³-hybridized carbons (Fsp3) is 0.212. The van der Waals surface area contributed by atoms with Crippen molar-refractivity contribution in [2.45, 2.75) is 46.0 Å². The zero-order valence-corrected chi connectivity index (χ0v) is 19.9. The first-order valence-corrected chi connectivity index (χ1v) is 12.0. The fourth-order valence-corrected chi connectivity index (χ4v) is 3.90. The average molecular weight is 445 g/mol. The van der Waals surface area contributed by atoms with Crippen LogP contribution in [0.5, 0.6) is 0 Å². The molecule has 0 bridgehead atoms. The van der Waals surface area contributed by atoms with Crippen LogP contribution < -0.4 is 0 Å². The molecule has 0 heterocycles. The summed E-state index contributed by atoms with van der Waals surface area (Å²) in [5.74, 6) is 12.2. The van der Waals surface area contributed by atoms with Crippen molar-refractivity contribution in [2.75, 3.05) is 0 Å². The molecule has 34 heavy (non-hydrogen) atoms. The molecule has 0 spiro atoms. The molecule has 0 aliphatic heterocycles. The van der Waals surface area contributed by atoms with Crippen molar-refractivity contribution >= 4 is 10.8 Å². The van der Waals surface area contributed by atoms with Crippen LogP contribution in [0, 0.1) is 36.4 Å². The number of unbranched alkanes of at least 4 members (excludes halogenated alkanes) is 3. The number of aryl methyl sites for hydroxylation is 2. The summed E-state index contributed by atoms with van der Waals surface area (Å²) in [6.07, 6.45) is 6.15. The highest BCUT2D eigenvalue weighted by atomic mass is 19.1. The van der Waals surface area contributed by atoms with Crippen LogP contribution in [-0.4, -0.2) is 0 Å². The highest BCUT2D eigenvalue weighted by Crippen LogP contribution is 2.22. The minimum absolute atomic E-state index is 0.282. The molecule has 0 nitrogen and oxygen atoms in total. The van der Waals surface area contributed by atoms with E-state index in [-0.39, 0.29) is 5.82 Å². The van der Waals surface area contributed by atoms with Crippen LogP contribution in [0.1, 0.15) is 66.0 Å². The molecule has 4 rings (SSSR count). The molecule has 168 valence electrons. The summed E-state index contributed by atoms with van der Waals surface area (Å²) in [5, 5.41) is 1.39. The van der Waals surface area contributed by atoms with Crippen molar-refractivity contribution in [3.8, 4) is 23.7 Å². The first-order valence-electron chi connectivity index (χ1n) is 12.0. The van der Waals surface area contributed by atoms with Crippen LogP contribution in [0.4, 0.5) is 4.39 Å². The lowest BCUT2D eigenvalue weighted by atomic mass is 10.0. The normalized spacial score (nSPS) is 10.3. The third-order valence-electron chi connectivity index (χ3n) is 5.97. The topological polar surface area (TPSA) is 0 Å². The van der Waals surface area contributed by atoms with Gasteiger partial charge < -0.3 is 0 Å². The molecule has 0 saturated carbocycles. The summed E-state index contributed by atoms with van der Waals surface area (Å²) in [6, 6.07) is 25.7. The Morgan fingerprint density at radius 1 is 0.647 bits per heavy atom. The summed E-state index contributed by atoms with van der Waals surface area (Å²) in [4.78, 5) is 0. The second-order valence-corrected chi connectivity index (χ2v) is 8.74. The van der Waals surface area contributed by atoms with E-state index >= 15 is 4.39 Å². The minimum Gasteiger partial charge on any atom is -0.205 e. The quantitative estimate of drug-likeness (QED) is 0.215. The molecule has 1 heteroatoms. The molecule has 4 aromatic carbocycles. The van der Waals surface area contributed by atoms with Crippen molar-refractivity contribution < 1.29 is 4.39 Å². The van der Waals surface area contributed by atoms with Crippen molar-refractivity contribution in [3.05, 3.63) is 118 Å². The molecule has 0 amide bonds. The number of rotatable bonds is 5. The highest BCUT2D eigenvalue weighted by Gasteiger charge is 2.06. The Hall–Kier alpha value is -3.81. The maximum atomic E-state index is 15.1. The van der Waals surface area contributed by atoms with Gasteiger partial charge in [0.25, 0.3) is 0 Å². The summed E-state index contributed by atoms with van der Waals surface area (Å²) in [5.41, 5.74) is 5.68. The Morgan fingerprint density at radius 2 is 1.29 bits per heavy atom. The van der Waals surface area contributed by atoms with Crippen LogP contribution in [0.3, 0.4) is 0 Å². The molecule has 0 radical (unpaired) electrons. The minimum atomic E-state index is -0.282. The van der Waals surface area contributed by atoms with Gasteiger partial charge in [0, 0.05) is 22.1 Å². The molecule has 0 aromatic heterocycles. The van der Waals surface area contributed by atoms with Crippen LogP contribution in [-0.2, 0) is 6.42 Å². The number of halogens is 1. The van der Waals surface area contributed by atoms with E-state index in [9.17, 15) is 0 Å². The molecule has 0 aliphatic carbocycles. The predicted octanol–water partition coefficient (Wildman–Crippen LogP) is 8.21. The van der Waals surface area contributed by atoms with Gasteiger partial charge in [-0.15, -0.1) is 0 Å². The Labute approximate surface area is 202 Å². The number of fused-ring (bicyclic) bond motifs is 1. The first kappa shape index (κ1) is 23.4. The number of hydrogen-bond acceptors (Lipinski definition) is 0. The van der Waals surface area contributed by atoms with E-state index in [4.69, 9.17) is 0 Å². The molecular formula is C33H29F. The molecule has 4 aromatic rings. The standard InChI is InChI=1S/C33H29F/c1-3-4-5-6-7-26-12-14-28(15-13-26)18-20-30-21-22-31-24-29(19-23-32(31)33(30)34)17-16-27-10-8-25(2)9-11-27/h8-15,19,21-24H,3-7H2,1-2H3. The summed E-state index contributed by atoms with van der Waals surface area (Å²) >= 11 is 0. The predicted molar refractivity (Wildman–Crippen MR) is 141 cm³/mol. The van der Waals surface area contributed by atoms with Crippen molar-refractivity contribution in [2.24, 2.45) is 0 Å². The Kier molecular flexibility index (Phi) is 7.80. The van der Waals surface area contributed by atoms with Crippen molar-refractivity contribution in [3.63, 3.8) is 0 Å². The van der Waals surface area contributed by atoms with Gasteiger partial charge >= 0.3 is 0 Å². The van der Waals surface area contributed by atoms with E-state index in [1.807, 2.05) is 54.6 Å². The first-order chi connectivity index (χ1) is 16.6. The van der Waals surface area contributed by atoms with E-state index in [0.717, 1.165) is 28.5 Å². The SMILES string of the molecule is CCCCCCc1ccc(C#Cc2ccc3cc(C#Cc4ccc(C)cc4)ccc3c2F)cc1. The molecular weight excluding hydrogens is 415 g/mol. The third-order valence-corrected chi connectivity index (χ3v) is 5.97. The van der Waals surface area contributed by atoms with E-state index in [1.54, 1.807) is 12.1 Å². The zero-order valence-electron chi connectivity index (χ0n) is 19.9. The van der Waals surface area contributed by atoms with Gasteiger partial charge in [-0.05, 0) is 73.2 Å². The van der Waals surface area contributed by atoms with Crippen molar-refractivity contribution in [1.82, 2.24) is 0 Å². The second kappa shape index (κ2) is 11.4. The highest BCUT2D eigenvalue weighted by molar-refractivity contribution is 5.86. The fourth-order valence-electron chi connectivity index (χ4n) is 3.90. The molecule has 0 N–H and O–H groups in total. The van der Waals surface area contributed by atoms with E-state index < -0.39 is 0 Å². The van der Waals surface area contributed by atoms with E-state index in [1.165, 1.54) is 36.8 Å². The van der Waals surface area contributed by atoms with E-state index in [0.29, 0.717) is 10.9 Å². The molecule has 0 aliphatic rings. The Bertz CT molecular complexity index is 1390. The van der Waals surface area contributed by atoms with Crippen LogP contribution in [0.25, 0.3) is 10.8 Å². The molecule has 0 unspecified atom stereocenters. The van der Waals surface area contributed by atoms with Crippen LogP contribution >= 0.6 is 0 Å². The average Bonchev–Trinajstić information content (AvgIpc) is 2.86. The summed E-state index contributed by atoms with van der Waals surface area (Å²) in [7, 11) is 0. The molecule has 0 saturated heterocycles. The van der Waals surface area contributed by atoms with Gasteiger partial charge in [-0.2, -0.15) is 0 Å². The number of benzene rings is 4.